The van der Waals surface area contributed by atoms with Gasteiger partial charge < -0.3 is 19.7 Å². The van der Waals surface area contributed by atoms with Gasteiger partial charge in [0, 0.05) is 18.6 Å². The summed E-state index contributed by atoms with van der Waals surface area (Å²) in [5.74, 6) is 0.539. The summed E-state index contributed by atoms with van der Waals surface area (Å²) < 4.78 is 18.0. The molecule has 2 unspecified atom stereocenters. The van der Waals surface area contributed by atoms with Gasteiger partial charge in [-0.05, 0) is 45.4 Å². The quantitative estimate of drug-likeness (QED) is 0.170. The van der Waals surface area contributed by atoms with Crippen LogP contribution in [0.2, 0.25) is 0 Å². The van der Waals surface area contributed by atoms with Gasteiger partial charge >= 0.3 is 7.32 Å². The number of nitrogens with two attached hydrogens (primary N) is 1. The van der Waals surface area contributed by atoms with Crippen LogP contribution in [0.1, 0.15) is 113 Å². The van der Waals surface area contributed by atoms with Crippen molar-refractivity contribution in [2.75, 3.05) is 13.2 Å². The zero-order valence-electron chi connectivity index (χ0n) is 19.4. The van der Waals surface area contributed by atoms with Crippen molar-refractivity contribution < 1.29 is 14.0 Å². The first-order valence-corrected chi connectivity index (χ1v) is 11.6. The molecule has 0 amide bonds. The van der Waals surface area contributed by atoms with Gasteiger partial charge in [-0.25, -0.2) is 0 Å². The van der Waals surface area contributed by atoms with E-state index in [-0.39, 0.29) is 5.41 Å². The molecule has 0 fully saturated rings. The van der Waals surface area contributed by atoms with E-state index in [4.69, 9.17) is 19.7 Å². The molecule has 0 aromatic heterocycles. The maximum absolute atomic E-state index is 7.17. The second-order valence-corrected chi connectivity index (χ2v) is 7.77. The molecule has 0 aromatic rings. The Balaban J connectivity index is 5.81. The predicted molar refractivity (Wildman–Crippen MR) is 117 cm³/mol. The molecule has 0 saturated carbocycles. The standard InChI is InChI=1S/C22H48BNO3/c1-8-15-16-17-19-22(24,27-23(25-13-6)26-14-7)21(11-4,12-5)20(10-3)18-9-2/h20H,8-19,24H2,1-7H3. The van der Waals surface area contributed by atoms with Crippen LogP contribution in [0.25, 0.3) is 0 Å². The van der Waals surface area contributed by atoms with Gasteiger partial charge in [0.2, 0.25) is 0 Å². The van der Waals surface area contributed by atoms with Crippen LogP contribution in [-0.4, -0.2) is 26.3 Å². The third kappa shape index (κ3) is 7.68. The molecular weight excluding hydrogens is 337 g/mol. The second-order valence-electron chi connectivity index (χ2n) is 7.77. The minimum atomic E-state index is -0.741. The predicted octanol–water partition coefficient (Wildman–Crippen LogP) is 6.32. The van der Waals surface area contributed by atoms with Gasteiger partial charge in [0.25, 0.3) is 0 Å². The lowest BCUT2D eigenvalue weighted by molar-refractivity contribution is -0.135. The van der Waals surface area contributed by atoms with Crippen LogP contribution in [0.4, 0.5) is 0 Å². The maximum Gasteiger partial charge on any atom is 0.640 e. The molecule has 0 saturated heterocycles. The molecule has 5 heteroatoms. The van der Waals surface area contributed by atoms with E-state index in [9.17, 15) is 0 Å². The highest BCUT2D eigenvalue weighted by Crippen LogP contribution is 2.50. The van der Waals surface area contributed by atoms with Crippen molar-refractivity contribution in [1.82, 2.24) is 0 Å². The molecule has 162 valence electrons. The average Bonchev–Trinajstić information content (AvgIpc) is 2.66. The zero-order valence-corrected chi connectivity index (χ0v) is 19.4. The van der Waals surface area contributed by atoms with Crippen molar-refractivity contribution in [3.63, 3.8) is 0 Å². The largest absolute Gasteiger partial charge is 0.640 e. The Morgan fingerprint density at radius 3 is 1.81 bits per heavy atom. The van der Waals surface area contributed by atoms with Crippen LogP contribution >= 0.6 is 0 Å². The van der Waals surface area contributed by atoms with E-state index in [1.807, 2.05) is 13.8 Å². The summed E-state index contributed by atoms with van der Waals surface area (Å²) in [5, 5.41) is 0. The van der Waals surface area contributed by atoms with E-state index < -0.39 is 13.0 Å². The molecule has 27 heavy (non-hydrogen) atoms. The van der Waals surface area contributed by atoms with E-state index in [0.29, 0.717) is 19.1 Å². The molecule has 0 bridgehead atoms. The summed E-state index contributed by atoms with van der Waals surface area (Å²) in [6.45, 7) is 16.4. The molecule has 2 N–H and O–H groups in total. The summed E-state index contributed by atoms with van der Waals surface area (Å²) in [7, 11) is -0.687. The fourth-order valence-corrected chi connectivity index (χ4v) is 4.79. The van der Waals surface area contributed by atoms with Crippen molar-refractivity contribution in [3.8, 4) is 0 Å². The summed E-state index contributed by atoms with van der Waals surface area (Å²) in [4.78, 5) is 0. The topological polar surface area (TPSA) is 53.7 Å². The van der Waals surface area contributed by atoms with E-state index in [1.54, 1.807) is 0 Å². The molecule has 0 spiro atoms. The lowest BCUT2D eigenvalue weighted by atomic mass is 9.60. The Morgan fingerprint density at radius 1 is 0.815 bits per heavy atom. The Kier molecular flexibility index (Phi) is 14.8. The van der Waals surface area contributed by atoms with Crippen molar-refractivity contribution in [2.24, 2.45) is 17.1 Å². The lowest BCUT2D eigenvalue weighted by Crippen LogP contribution is -2.62. The maximum atomic E-state index is 7.17. The van der Waals surface area contributed by atoms with E-state index in [2.05, 4.69) is 34.6 Å². The fourth-order valence-electron chi connectivity index (χ4n) is 4.79. The molecule has 0 aliphatic carbocycles. The van der Waals surface area contributed by atoms with Crippen molar-refractivity contribution in [1.29, 1.82) is 0 Å². The molecule has 2 atom stereocenters. The highest BCUT2D eigenvalue weighted by atomic mass is 16.7. The fraction of sp³-hybridized carbons (Fsp3) is 1.00. The summed E-state index contributed by atoms with van der Waals surface area (Å²) in [6, 6.07) is 0. The lowest BCUT2D eigenvalue weighted by Gasteiger charge is -2.53. The first kappa shape index (κ1) is 26.9. The normalized spacial score (nSPS) is 15.6. The highest BCUT2D eigenvalue weighted by molar-refractivity contribution is 6.36. The van der Waals surface area contributed by atoms with Gasteiger partial charge in [-0.2, -0.15) is 0 Å². The number of rotatable bonds is 18. The van der Waals surface area contributed by atoms with Crippen LogP contribution in [0, 0.1) is 11.3 Å². The zero-order chi connectivity index (χ0) is 20.8. The van der Waals surface area contributed by atoms with E-state index >= 15 is 0 Å². The van der Waals surface area contributed by atoms with Gasteiger partial charge in [0.1, 0.15) is 5.72 Å². The molecule has 0 aromatic carbocycles. The van der Waals surface area contributed by atoms with Crippen molar-refractivity contribution >= 4 is 7.32 Å². The molecule has 4 nitrogen and oxygen atoms in total. The summed E-state index contributed by atoms with van der Waals surface area (Å²) >= 11 is 0. The number of unbranched alkanes of at least 4 members (excludes halogenated alkanes) is 3. The smallest absolute Gasteiger partial charge is 0.386 e. The minimum Gasteiger partial charge on any atom is -0.386 e. The molecule has 0 rings (SSSR count). The van der Waals surface area contributed by atoms with Crippen LogP contribution in [0.15, 0.2) is 0 Å². The van der Waals surface area contributed by atoms with Crippen molar-refractivity contribution in [2.45, 2.75) is 118 Å². The average molecular weight is 385 g/mol. The molecule has 0 aliphatic heterocycles. The van der Waals surface area contributed by atoms with Crippen LogP contribution in [0.3, 0.4) is 0 Å². The molecule has 0 heterocycles. The molecule has 0 aliphatic rings. The third-order valence-electron chi connectivity index (χ3n) is 6.33. The number of hydrogen-bond acceptors (Lipinski definition) is 4. The molecule has 0 radical (unpaired) electrons. The Bertz CT molecular complexity index is 346. The third-order valence-corrected chi connectivity index (χ3v) is 6.33. The first-order chi connectivity index (χ1) is 12.9. The molecular formula is C22H48BNO3. The van der Waals surface area contributed by atoms with E-state index in [0.717, 1.165) is 32.1 Å². The van der Waals surface area contributed by atoms with E-state index in [1.165, 1.54) is 32.1 Å². The Morgan fingerprint density at radius 2 is 1.41 bits per heavy atom. The number of hydrogen-bond donors (Lipinski definition) is 1. The van der Waals surface area contributed by atoms with Crippen molar-refractivity contribution in [3.05, 3.63) is 0 Å². The minimum absolute atomic E-state index is 0.0730. The van der Waals surface area contributed by atoms with Gasteiger partial charge in [-0.1, -0.05) is 73.1 Å². The van der Waals surface area contributed by atoms with Crippen LogP contribution in [-0.2, 0) is 14.0 Å². The van der Waals surface area contributed by atoms with Gasteiger partial charge in [0.15, 0.2) is 0 Å². The Hall–Kier alpha value is -0.0951. The SMILES string of the molecule is CCCCCCC(N)(OB(OCC)OCC)C(CC)(CC)C(CC)CCC. The van der Waals surface area contributed by atoms with Gasteiger partial charge in [0.05, 0.1) is 0 Å². The van der Waals surface area contributed by atoms with Gasteiger partial charge in [-0.3, -0.25) is 0 Å². The summed E-state index contributed by atoms with van der Waals surface area (Å²) in [6.07, 6.45) is 11.1. The second kappa shape index (κ2) is 14.8. The monoisotopic (exact) mass is 385 g/mol. The first-order valence-electron chi connectivity index (χ1n) is 11.6. The van der Waals surface area contributed by atoms with Gasteiger partial charge in [-0.15, -0.1) is 0 Å². The van der Waals surface area contributed by atoms with Crippen LogP contribution < -0.4 is 5.73 Å². The Labute approximate surface area is 170 Å². The van der Waals surface area contributed by atoms with Crippen LogP contribution in [0.5, 0.6) is 0 Å². The summed E-state index contributed by atoms with van der Waals surface area (Å²) in [5.41, 5.74) is 6.35. The highest BCUT2D eigenvalue weighted by Gasteiger charge is 2.53.